The van der Waals surface area contributed by atoms with Crippen LogP contribution in [0.3, 0.4) is 0 Å². The molecule has 0 aliphatic rings. The molecule has 3 N–H and O–H groups in total. The van der Waals surface area contributed by atoms with Crippen LogP contribution in [-0.2, 0) is 21.2 Å². The number of carbonyl (C=O) groups is 1. The van der Waals surface area contributed by atoms with Gasteiger partial charge in [0.05, 0.1) is 11.3 Å². The molecule has 1 amide bonds. The maximum Gasteiger partial charge on any atom is 0.238 e. The van der Waals surface area contributed by atoms with E-state index in [1.807, 2.05) is 55.5 Å². The number of hydrogen-bond acceptors (Lipinski definition) is 4. The Kier molecular flexibility index (Phi) is 7.72. The fourth-order valence-corrected chi connectivity index (χ4v) is 5.59. The van der Waals surface area contributed by atoms with Crippen molar-refractivity contribution in [2.45, 2.75) is 37.6 Å². The lowest BCUT2D eigenvalue weighted by Crippen LogP contribution is -2.49. The number of benzene rings is 4. The second-order valence-electron chi connectivity index (χ2n) is 8.94. The number of amides is 1. The summed E-state index contributed by atoms with van der Waals surface area (Å²) in [5.41, 5.74) is 2.31. The van der Waals surface area contributed by atoms with Crippen LogP contribution in [-0.4, -0.2) is 25.5 Å². The van der Waals surface area contributed by atoms with Crippen LogP contribution in [0.15, 0.2) is 97.1 Å². The Hall–Kier alpha value is -3.68. The molecule has 0 saturated heterocycles. The van der Waals surface area contributed by atoms with Gasteiger partial charge in [-0.1, -0.05) is 84.9 Å². The fraction of sp³-hybridized carbons (Fsp3) is 0.207. The highest BCUT2D eigenvalue weighted by atomic mass is 32.2. The summed E-state index contributed by atoms with van der Waals surface area (Å²) in [4.78, 5) is 13.5. The zero-order chi connectivity index (χ0) is 25.7. The van der Waals surface area contributed by atoms with Crippen molar-refractivity contribution in [3.8, 4) is 5.75 Å². The molecule has 7 heteroatoms. The molecule has 4 rings (SSSR count). The zero-order valence-electron chi connectivity index (χ0n) is 20.3. The Morgan fingerprint density at radius 1 is 0.833 bits per heavy atom. The first-order valence-corrected chi connectivity index (χ1v) is 13.4. The molecule has 0 spiro atoms. The minimum atomic E-state index is -3.88. The van der Waals surface area contributed by atoms with Gasteiger partial charge in [0.15, 0.2) is 0 Å². The molecule has 0 heterocycles. The maximum atomic E-state index is 13.5. The molecule has 0 radical (unpaired) electrons. The predicted molar refractivity (Wildman–Crippen MR) is 143 cm³/mol. The van der Waals surface area contributed by atoms with E-state index in [4.69, 9.17) is 0 Å². The van der Waals surface area contributed by atoms with Crippen molar-refractivity contribution in [3.63, 3.8) is 0 Å². The highest BCUT2D eigenvalue weighted by Crippen LogP contribution is 2.25. The average Bonchev–Trinajstić information content (AvgIpc) is 2.89. The van der Waals surface area contributed by atoms with Gasteiger partial charge in [-0.2, -0.15) is 0 Å². The second kappa shape index (κ2) is 10.9. The van der Waals surface area contributed by atoms with Crippen LogP contribution in [0.4, 0.5) is 0 Å². The summed E-state index contributed by atoms with van der Waals surface area (Å²) in [5, 5.41) is 13.9. The summed E-state index contributed by atoms with van der Waals surface area (Å²) >= 11 is 0. The van der Waals surface area contributed by atoms with Crippen molar-refractivity contribution >= 4 is 26.7 Å². The lowest BCUT2D eigenvalue weighted by molar-refractivity contribution is -0.123. The molecule has 0 aromatic heterocycles. The number of fused-ring (bicyclic) bond motifs is 1. The molecule has 0 saturated carbocycles. The van der Waals surface area contributed by atoms with E-state index < -0.39 is 27.2 Å². The largest absolute Gasteiger partial charge is 0.508 e. The van der Waals surface area contributed by atoms with E-state index in [0.29, 0.717) is 5.56 Å². The van der Waals surface area contributed by atoms with Crippen molar-refractivity contribution in [2.24, 2.45) is 0 Å². The van der Waals surface area contributed by atoms with E-state index in [1.165, 1.54) is 12.1 Å². The van der Waals surface area contributed by atoms with Gasteiger partial charge in [-0.05, 0) is 59.9 Å². The van der Waals surface area contributed by atoms with Gasteiger partial charge < -0.3 is 10.4 Å². The first kappa shape index (κ1) is 25.4. The smallest absolute Gasteiger partial charge is 0.238 e. The van der Waals surface area contributed by atoms with Crippen molar-refractivity contribution in [1.82, 2.24) is 10.0 Å². The number of rotatable bonds is 9. The normalized spacial score (nSPS) is 14.2. The highest BCUT2D eigenvalue weighted by molar-refractivity contribution is 7.89. The Bertz CT molecular complexity index is 1430. The first-order chi connectivity index (χ1) is 17.2. The molecule has 0 bridgehead atoms. The van der Waals surface area contributed by atoms with Crippen LogP contribution in [0.2, 0.25) is 0 Å². The van der Waals surface area contributed by atoms with E-state index in [-0.39, 0.29) is 18.2 Å². The molecule has 4 aromatic carbocycles. The summed E-state index contributed by atoms with van der Waals surface area (Å²) in [6.45, 7) is 3.49. The molecule has 0 fully saturated rings. The Labute approximate surface area is 212 Å². The Balaban J connectivity index is 1.59. The third-order valence-electron chi connectivity index (χ3n) is 6.38. The van der Waals surface area contributed by atoms with E-state index in [2.05, 4.69) is 10.0 Å². The zero-order valence-corrected chi connectivity index (χ0v) is 21.1. The standard InChI is InChI=1S/C29H30N2O4S/c1-20(26-14-8-12-24-11-6-7-13-27(24)26)30-29(33)28(19-22-15-17-25(32)18-16-22)31-36(34,35)21(2)23-9-4-3-5-10-23/h3-18,20-21,28,31-32H,19H2,1-2H3,(H,30,33)/t20?,21-,28?/m0/s1. The van der Waals surface area contributed by atoms with Gasteiger partial charge in [-0.15, -0.1) is 0 Å². The van der Waals surface area contributed by atoms with Gasteiger partial charge in [0, 0.05) is 0 Å². The summed E-state index contributed by atoms with van der Waals surface area (Å²) in [7, 11) is -3.88. The topological polar surface area (TPSA) is 95.5 Å². The Morgan fingerprint density at radius 3 is 2.19 bits per heavy atom. The molecule has 2 unspecified atom stereocenters. The highest BCUT2D eigenvalue weighted by Gasteiger charge is 2.30. The molecule has 6 nitrogen and oxygen atoms in total. The number of phenols is 1. The monoisotopic (exact) mass is 502 g/mol. The van der Waals surface area contributed by atoms with Crippen molar-refractivity contribution < 1.29 is 18.3 Å². The van der Waals surface area contributed by atoms with Gasteiger partial charge in [-0.25, -0.2) is 13.1 Å². The summed E-state index contributed by atoms with van der Waals surface area (Å²) < 4.78 is 29.2. The second-order valence-corrected chi connectivity index (χ2v) is 11.0. The van der Waals surface area contributed by atoms with Gasteiger partial charge in [0.25, 0.3) is 0 Å². The third-order valence-corrected chi connectivity index (χ3v) is 8.20. The summed E-state index contributed by atoms with van der Waals surface area (Å²) in [6.07, 6.45) is 0.134. The van der Waals surface area contributed by atoms with Crippen molar-refractivity contribution in [3.05, 3.63) is 114 Å². The van der Waals surface area contributed by atoms with Crippen molar-refractivity contribution in [1.29, 1.82) is 0 Å². The van der Waals surface area contributed by atoms with Gasteiger partial charge >= 0.3 is 0 Å². The van der Waals surface area contributed by atoms with Crippen LogP contribution >= 0.6 is 0 Å². The number of sulfonamides is 1. The molecular weight excluding hydrogens is 472 g/mol. The minimum absolute atomic E-state index is 0.0996. The average molecular weight is 503 g/mol. The summed E-state index contributed by atoms with van der Waals surface area (Å²) in [6, 6.07) is 27.8. The lowest BCUT2D eigenvalue weighted by Gasteiger charge is -2.24. The lowest BCUT2D eigenvalue weighted by atomic mass is 9.99. The third kappa shape index (κ3) is 5.93. The van der Waals surface area contributed by atoms with Crippen LogP contribution in [0.1, 0.15) is 41.8 Å². The van der Waals surface area contributed by atoms with Crippen LogP contribution in [0.25, 0.3) is 10.8 Å². The SMILES string of the molecule is CC(NC(=O)C(Cc1ccc(O)cc1)NS(=O)(=O)[C@@H](C)c1ccccc1)c1cccc2ccccc12. The number of phenolic OH excluding ortho intramolecular Hbond substituents is 1. The van der Waals surface area contributed by atoms with Gasteiger partial charge in [0.1, 0.15) is 11.8 Å². The van der Waals surface area contributed by atoms with E-state index in [9.17, 15) is 18.3 Å². The van der Waals surface area contributed by atoms with E-state index in [0.717, 1.165) is 21.9 Å². The fourth-order valence-electron chi connectivity index (χ4n) is 4.28. The van der Waals surface area contributed by atoms with Gasteiger partial charge in [0.2, 0.25) is 15.9 Å². The van der Waals surface area contributed by atoms with Crippen molar-refractivity contribution in [2.75, 3.05) is 0 Å². The van der Waals surface area contributed by atoms with Crippen LogP contribution < -0.4 is 10.0 Å². The first-order valence-electron chi connectivity index (χ1n) is 11.9. The number of hydrogen-bond donors (Lipinski definition) is 3. The summed E-state index contributed by atoms with van der Waals surface area (Å²) in [5.74, 6) is -0.324. The predicted octanol–water partition coefficient (Wildman–Crippen LogP) is 5.01. The van der Waals surface area contributed by atoms with Gasteiger partial charge in [-0.3, -0.25) is 4.79 Å². The number of aromatic hydroxyl groups is 1. The Morgan fingerprint density at radius 2 is 1.47 bits per heavy atom. The molecule has 4 aromatic rings. The molecule has 0 aliphatic heterocycles. The number of carbonyl (C=O) groups excluding carboxylic acids is 1. The minimum Gasteiger partial charge on any atom is -0.508 e. The number of nitrogens with one attached hydrogen (secondary N) is 2. The molecular formula is C29H30N2O4S. The molecule has 0 aliphatic carbocycles. The van der Waals surface area contributed by atoms with Crippen LogP contribution in [0.5, 0.6) is 5.75 Å². The maximum absolute atomic E-state index is 13.5. The molecule has 186 valence electrons. The quantitative estimate of drug-likeness (QED) is 0.300. The van der Waals surface area contributed by atoms with E-state index in [1.54, 1.807) is 43.3 Å². The van der Waals surface area contributed by atoms with E-state index >= 15 is 0 Å². The van der Waals surface area contributed by atoms with Crippen LogP contribution in [0, 0.1) is 0 Å². The molecule has 3 atom stereocenters. The molecule has 36 heavy (non-hydrogen) atoms.